The Kier molecular flexibility index (Phi) is 3.39. The fourth-order valence-electron chi connectivity index (χ4n) is 1.32. The minimum absolute atomic E-state index is 0.0318. The van der Waals surface area contributed by atoms with Crippen LogP contribution in [0.5, 0.6) is 0 Å². The van der Waals surface area contributed by atoms with Crippen LogP contribution in [-0.2, 0) is 6.54 Å². The van der Waals surface area contributed by atoms with Crippen molar-refractivity contribution in [3.63, 3.8) is 0 Å². The Labute approximate surface area is 103 Å². The molecule has 0 spiro atoms. The van der Waals surface area contributed by atoms with Crippen LogP contribution >= 0.6 is 11.6 Å². The number of nitrogens with one attached hydrogen (secondary N) is 1. The van der Waals surface area contributed by atoms with Crippen molar-refractivity contribution in [2.24, 2.45) is 0 Å². The molecule has 0 aliphatic carbocycles. The first kappa shape index (κ1) is 11.6. The number of nitrogen functional groups attached to an aromatic ring is 1. The molecule has 0 saturated carbocycles. The normalized spacial score (nSPS) is 10.2. The molecule has 0 aliphatic heterocycles. The molecule has 0 atom stereocenters. The van der Waals surface area contributed by atoms with Crippen LogP contribution in [0.25, 0.3) is 0 Å². The highest BCUT2D eigenvalue weighted by Gasteiger charge is 2.06. The quantitative estimate of drug-likeness (QED) is 0.824. The third-order valence-corrected chi connectivity index (χ3v) is 2.49. The van der Waals surface area contributed by atoms with Gasteiger partial charge in [-0.05, 0) is 12.1 Å². The van der Waals surface area contributed by atoms with Crippen LogP contribution in [0.15, 0.2) is 30.7 Å². The molecule has 4 nitrogen and oxygen atoms in total. The fraction of sp³-hybridized carbons (Fsp3) is 0.0909. The lowest BCUT2D eigenvalue weighted by molar-refractivity contribution is 0.629. The van der Waals surface area contributed by atoms with Crippen molar-refractivity contribution in [3.8, 4) is 0 Å². The highest BCUT2D eigenvalue weighted by molar-refractivity contribution is 6.31. The van der Waals surface area contributed by atoms with Gasteiger partial charge in [0.15, 0.2) is 0 Å². The number of hydrogen-bond donors (Lipinski definition) is 2. The van der Waals surface area contributed by atoms with Crippen LogP contribution in [0.1, 0.15) is 5.69 Å². The van der Waals surface area contributed by atoms with Gasteiger partial charge in [-0.2, -0.15) is 0 Å². The Morgan fingerprint density at radius 3 is 2.94 bits per heavy atom. The largest absolute Gasteiger partial charge is 0.397 e. The molecule has 0 saturated heterocycles. The van der Waals surface area contributed by atoms with Crippen molar-refractivity contribution in [1.29, 1.82) is 0 Å². The lowest BCUT2D eigenvalue weighted by Gasteiger charge is -2.09. The van der Waals surface area contributed by atoms with E-state index in [0.29, 0.717) is 17.9 Å². The molecule has 2 aromatic rings. The number of halogens is 2. The molecule has 0 fully saturated rings. The molecule has 0 radical (unpaired) electrons. The molecule has 1 heterocycles. The number of nitrogens with two attached hydrogens (primary N) is 1. The highest BCUT2D eigenvalue weighted by atomic mass is 35.5. The van der Waals surface area contributed by atoms with E-state index >= 15 is 0 Å². The van der Waals surface area contributed by atoms with Gasteiger partial charge in [-0.15, -0.1) is 0 Å². The van der Waals surface area contributed by atoms with E-state index in [4.69, 9.17) is 17.3 Å². The zero-order valence-corrected chi connectivity index (χ0v) is 9.58. The second kappa shape index (κ2) is 4.97. The van der Waals surface area contributed by atoms with E-state index < -0.39 is 5.82 Å². The molecule has 0 unspecified atom stereocenters. The van der Waals surface area contributed by atoms with Gasteiger partial charge in [0.05, 0.1) is 28.6 Å². The molecular weight excluding hydrogens is 243 g/mol. The molecule has 0 aliphatic rings. The molecule has 88 valence electrons. The van der Waals surface area contributed by atoms with Crippen molar-refractivity contribution in [3.05, 3.63) is 47.3 Å². The Hall–Kier alpha value is -1.88. The first-order chi connectivity index (χ1) is 8.16. The van der Waals surface area contributed by atoms with Crippen molar-refractivity contribution in [2.45, 2.75) is 6.54 Å². The summed E-state index contributed by atoms with van der Waals surface area (Å²) in [5.41, 5.74) is 7.35. The molecule has 3 N–H and O–H groups in total. The van der Waals surface area contributed by atoms with Crippen LogP contribution in [0.2, 0.25) is 5.02 Å². The predicted octanol–water partition coefficient (Wildman–Crippen LogP) is 2.46. The molecule has 0 bridgehead atoms. The van der Waals surface area contributed by atoms with Gasteiger partial charge < -0.3 is 11.1 Å². The third-order valence-electron chi connectivity index (χ3n) is 2.20. The zero-order valence-electron chi connectivity index (χ0n) is 8.82. The second-order valence-corrected chi connectivity index (χ2v) is 3.82. The smallest absolute Gasteiger partial charge is 0.143 e. The van der Waals surface area contributed by atoms with Gasteiger partial charge in [-0.1, -0.05) is 11.6 Å². The standard InChI is InChI=1S/C11H10ClFN4/c12-8-3-11(10(14)4-9(8)13)16-5-7-1-2-15-6-17-7/h1-4,6,16H,5,14H2. The first-order valence-electron chi connectivity index (χ1n) is 4.90. The lowest BCUT2D eigenvalue weighted by Crippen LogP contribution is -2.04. The number of nitrogens with zero attached hydrogens (tertiary/aromatic N) is 2. The van der Waals surface area contributed by atoms with Crippen molar-refractivity contribution in [1.82, 2.24) is 9.97 Å². The Morgan fingerprint density at radius 2 is 2.24 bits per heavy atom. The van der Waals surface area contributed by atoms with Gasteiger partial charge in [-0.3, -0.25) is 0 Å². The monoisotopic (exact) mass is 252 g/mol. The van der Waals surface area contributed by atoms with Gasteiger partial charge in [-0.25, -0.2) is 14.4 Å². The van der Waals surface area contributed by atoms with Crippen LogP contribution in [0.3, 0.4) is 0 Å². The average molecular weight is 253 g/mol. The molecular formula is C11H10ClFN4. The summed E-state index contributed by atoms with van der Waals surface area (Å²) in [6, 6.07) is 4.41. The number of aromatic nitrogens is 2. The van der Waals surface area contributed by atoms with E-state index in [-0.39, 0.29) is 5.02 Å². The minimum Gasteiger partial charge on any atom is -0.397 e. The van der Waals surface area contributed by atoms with Crippen molar-refractivity contribution in [2.75, 3.05) is 11.1 Å². The summed E-state index contributed by atoms with van der Waals surface area (Å²) < 4.78 is 13.1. The van der Waals surface area contributed by atoms with E-state index in [1.54, 1.807) is 12.3 Å². The summed E-state index contributed by atoms with van der Waals surface area (Å²) in [6.07, 6.45) is 3.10. The molecule has 1 aromatic carbocycles. The van der Waals surface area contributed by atoms with Crippen molar-refractivity contribution < 1.29 is 4.39 Å². The number of anilines is 2. The van der Waals surface area contributed by atoms with Gasteiger partial charge in [0.1, 0.15) is 12.1 Å². The maximum atomic E-state index is 13.1. The number of rotatable bonds is 3. The van der Waals surface area contributed by atoms with Gasteiger partial charge in [0.2, 0.25) is 0 Å². The summed E-state index contributed by atoms with van der Waals surface area (Å²) in [4.78, 5) is 7.85. The Morgan fingerprint density at radius 1 is 1.41 bits per heavy atom. The van der Waals surface area contributed by atoms with Gasteiger partial charge >= 0.3 is 0 Å². The van der Waals surface area contributed by atoms with E-state index in [2.05, 4.69) is 15.3 Å². The predicted molar refractivity (Wildman–Crippen MR) is 65.2 cm³/mol. The highest BCUT2D eigenvalue weighted by Crippen LogP contribution is 2.26. The summed E-state index contributed by atoms with van der Waals surface area (Å²) in [6.45, 7) is 0.467. The number of hydrogen-bond acceptors (Lipinski definition) is 4. The van der Waals surface area contributed by atoms with Crippen LogP contribution in [0.4, 0.5) is 15.8 Å². The SMILES string of the molecule is Nc1cc(F)c(Cl)cc1NCc1ccncn1. The molecule has 1 aromatic heterocycles. The second-order valence-electron chi connectivity index (χ2n) is 3.41. The Bertz CT molecular complexity index is 518. The van der Waals surface area contributed by atoms with Crippen LogP contribution in [0, 0.1) is 5.82 Å². The summed E-state index contributed by atoms with van der Waals surface area (Å²) in [5, 5.41) is 3.06. The maximum absolute atomic E-state index is 13.1. The topological polar surface area (TPSA) is 63.8 Å². The molecule has 17 heavy (non-hydrogen) atoms. The van der Waals surface area contributed by atoms with Crippen LogP contribution < -0.4 is 11.1 Å². The number of benzene rings is 1. The molecule has 6 heteroatoms. The summed E-state index contributed by atoms with van der Waals surface area (Å²) >= 11 is 5.67. The minimum atomic E-state index is -0.531. The van der Waals surface area contributed by atoms with E-state index in [9.17, 15) is 4.39 Å². The van der Waals surface area contributed by atoms with Gasteiger partial charge in [0.25, 0.3) is 0 Å². The fourth-order valence-corrected chi connectivity index (χ4v) is 1.49. The maximum Gasteiger partial charge on any atom is 0.143 e. The van der Waals surface area contributed by atoms with E-state index in [0.717, 1.165) is 5.69 Å². The average Bonchev–Trinajstić information content (AvgIpc) is 2.33. The zero-order chi connectivity index (χ0) is 12.3. The van der Waals surface area contributed by atoms with Crippen LogP contribution in [-0.4, -0.2) is 9.97 Å². The van der Waals surface area contributed by atoms with E-state index in [1.165, 1.54) is 18.5 Å². The lowest BCUT2D eigenvalue weighted by atomic mass is 10.2. The molecule has 0 amide bonds. The van der Waals surface area contributed by atoms with Crippen molar-refractivity contribution >= 4 is 23.0 Å². The van der Waals surface area contributed by atoms with Gasteiger partial charge in [0, 0.05) is 12.3 Å². The Balaban J connectivity index is 2.12. The third kappa shape index (κ3) is 2.82. The molecule has 2 rings (SSSR count). The van der Waals surface area contributed by atoms with E-state index in [1.807, 2.05) is 0 Å². The summed E-state index contributed by atoms with van der Waals surface area (Å²) in [5.74, 6) is -0.531. The first-order valence-corrected chi connectivity index (χ1v) is 5.28. The summed E-state index contributed by atoms with van der Waals surface area (Å²) in [7, 11) is 0.